The largest absolute Gasteiger partial charge is 0.496 e. The minimum Gasteiger partial charge on any atom is -0.496 e. The second-order valence-electron chi connectivity index (χ2n) is 11.3. The number of oxazole rings is 1. The fraction of sp³-hybridized carbons (Fsp3) is 0.364. The van der Waals surface area contributed by atoms with Crippen molar-refractivity contribution in [3.05, 3.63) is 83.7 Å². The number of hydrogen-bond donors (Lipinski definition) is 1. The van der Waals surface area contributed by atoms with Gasteiger partial charge in [0, 0.05) is 41.4 Å². The Bertz CT molecular complexity index is 1770. The summed E-state index contributed by atoms with van der Waals surface area (Å²) in [7, 11) is -2.48. The van der Waals surface area contributed by atoms with Gasteiger partial charge in [-0.25, -0.2) is 23.7 Å². The maximum absolute atomic E-state index is 14.3. The van der Waals surface area contributed by atoms with Crippen LogP contribution in [0.4, 0.5) is 0 Å². The van der Waals surface area contributed by atoms with E-state index in [0.29, 0.717) is 35.0 Å². The lowest BCUT2D eigenvalue weighted by atomic mass is 9.97. The number of amides is 2. The van der Waals surface area contributed by atoms with Gasteiger partial charge < -0.3 is 18.8 Å². The lowest BCUT2D eigenvalue weighted by Crippen LogP contribution is -2.43. The van der Waals surface area contributed by atoms with E-state index in [1.807, 2.05) is 30.3 Å². The van der Waals surface area contributed by atoms with Crippen molar-refractivity contribution in [3.8, 4) is 27.5 Å². The predicted molar refractivity (Wildman–Crippen MR) is 172 cm³/mol. The summed E-state index contributed by atoms with van der Waals surface area (Å²) in [5, 5.41) is 0. The Morgan fingerprint density at radius 2 is 1.87 bits per heavy atom. The second kappa shape index (κ2) is 13.8. The van der Waals surface area contributed by atoms with Gasteiger partial charge in [0.1, 0.15) is 10.5 Å². The zero-order valence-electron chi connectivity index (χ0n) is 25.3. The summed E-state index contributed by atoms with van der Waals surface area (Å²) in [4.78, 5) is 39.4. The van der Waals surface area contributed by atoms with E-state index in [2.05, 4.69) is 10.5 Å². The van der Waals surface area contributed by atoms with Crippen molar-refractivity contribution in [1.29, 1.82) is 0 Å². The number of benzene rings is 2. The van der Waals surface area contributed by atoms with Crippen LogP contribution in [-0.4, -0.2) is 69.0 Å². The van der Waals surface area contributed by atoms with Crippen LogP contribution in [0.25, 0.3) is 21.8 Å². The number of thiophene rings is 1. The molecule has 13 heteroatoms. The molecule has 1 N–H and O–H groups in total. The number of ether oxygens (including phenoxy) is 2. The zero-order valence-corrected chi connectivity index (χ0v) is 27.0. The number of hydroxylamine groups is 1. The summed E-state index contributed by atoms with van der Waals surface area (Å²) in [6.07, 6.45) is 4.53. The minimum atomic E-state index is -3.96. The molecule has 0 bridgehead atoms. The molecule has 0 radical (unpaired) electrons. The molecule has 0 spiro atoms. The highest BCUT2D eigenvalue weighted by Gasteiger charge is 2.50. The molecule has 11 nitrogen and oxygen atoms in total. The van der Waals surface area contributed by atoms with Crippen LogP contribution in [0.2, 0.25) is 0 Å². The first kappa shape index (κ1) is 31.9. The molecule has 2 unspecified atom stereocenters. The summed E-state index contributed by atoms with van der Waals surface area (Å²) in [6, 6.07) is 18.2. The fourth-order valence-corrected chi connectivity index (χ4v) is 9.50. The van der Waals surface area contributed by atoms with Gasteiger partial charge in [-0.3, -0.25) is 9.59 Å². The Labute approximate surface area is 271 Å². The number of carbonyl (C=O) groups is 2. The Morgan fingerprint density at radius 1 is 1.07 bits per heavy atom. The lowest BCUT2D eigenvalue weighted by Gasteiger charge is -2.31. The van der Waals surface area contributed by atoms with Crippen molar-refractivity contribution in [1.82, 2.24) is 15.4 Å². The molecule has 2 aliphatic heterocycles. The van der Waals surface area contributed by atoms with Gasteiger partial charge in [-0.1, -0.05) is 36.4 Å². The number of para-hydroxylation sites is 1. The number of sulfone groups is 1. The van der Waals surface area contributed by atoms with Gasteiger partial charge in [-0.2, -0.15) is 0 Å². The molecule has 0 aliphatic carbocycles. The van der Waals surface area contributed by atoms with Crippen LogP contribution in [0.5, 0.6) is 5.75 Å². The van der Waals surface area contributed by atoms with Gasteiger partial charge in [0.15, 0.2) is 28.3 Å². The van der Waals surface area contributed by atoms with E-state index in [0.717, 1.165) is 28.8 Å². The monoisotopic (exact) mass is 665 g/mol. The van der Waals surface area contributed by atoms with Crippen molar-refractivity contribution in [2.45, 2.75) is 43.1 Å². The minimum absolute atomic E-state index is 0.0175. The molecular formula is C33H35N3O8S2. The van der Waals surface area contributed by atoms with E-state index in [1.165, 1.54) is 29.7 Å². The maximum Gasteiger partial charge on any atom is 0.257 e. The molecule has 46 heavy (non-hydrogen) atoms. The number of nitrogens with zero attached hydrogens (tertiary/aromatic N) is 2. The van der Waals surface area contributed by atoms with E-state index >= 15 is 0 Å². The first-order chi connectivity index (χ1) is 22.3. The Morgan fingerprint density at radius 3 is 2.61 bits per heavy atom. The summed E-state index contributed by atoms with van der Waals surface area (Å²) < 4.78 is 43.3. The number of carbonyl (C=O) groups excluding carboxylic acids is 2. The molecule has 4 heterocycles. The lowest BCUT2D eigenvalue weighted by molar-refractivity contribution is -0.200. The summed E-state index contributed by atoms with van der Waals surface area (Å²) >= 11 is 1.32. The van der Waals surface area contributed by atoms with Gasteiger partial charge in [-0.05, 0) is 49.1 Å². The van der Waals surface area contributed by atoms with Gasteiger partial charge in [0.05, 0.1) is 31.0 Å². The first-order valence-electron chi connectivity index (χ1n) is 15.1. The average Bonchev–Trinajstić information content (AvgIpc) is 3.79. The van der Waals surface area contributed by atoms with Gasteiger partial charge in [0.25, 0.3) is 5.91 Å². The Balaban J connectivity index is 1.30. The molecule has 2 aliphatic rings. The molecule has 2 fully saturated rings. The number of nitrogens with one attached hydrogen (secondary N) is 1. The van der Waals surface area contributed by atoms with E-state index < -0.39 is 26.8 Å². The normalized spacial score (nSPS) is 21.3. The Kier molecular flexibility index (Phi) is 9.54. The topological polar surface area (TPSA) is 137 Å². The Hall–Kier alpha value is -4.04. The van der Waals surface area contributed by atoms with E-state index in [-0.39, 0.29) is 37.6 Å². The van der Waals surface area contributed by atoms with Crippen molar-refractivity contribution >= 4 is 33.0 Å². The summed E-state index contributed by atoms with van der Waals surface area (Å²) in [5.74, 6) is -0.170. The standard InChI is InChI=1S/C33H35N3O8S2/c1-41-26-7-3-2-6-25(26)32(38)36-16-15-33(46(39,40)19-17-36,20-30(37)35-44-31-8-4-5-18-42-31)29-14-13-28(45-29)24-11-9-23(10-12-24)27-21-34-22-43-27/h2-3,6-7,9-14,21-22,31H,4-5,8,15-20H2,1H3,(H,35,37). The van der Waals surface area contributed by atoms with Crippen LogP contribution in [0.15, 0.2) is 77.7 Å². The van der Waals surface area contributed by atoms with Crippen LogP contribution < -0.4 is 10.2 Å². The van der Waals surface area contributed by atoms with Crippen molar-refractivity contribution < 1.29 is 36.7 Å². The number of methoxy groups -OCH3 is 1. The number of rotatable bonds is 9. The van der Waals surface area contributed by atoms with E-state index in [1.54, 1.807) is 36.5 Å². The molecular weight excluding hydrogens is 631 g/mol. The highest BCUT2D eigenvalue weighted by molar-refractivity contribution is 7.92. The molecule has 2 saturated heterocycles. The molecule has 242 valence electrons. The molecule has 0 saturated carbocycles. The molecule has 2 atom stereocenters. The molecule has 2 aromatic carbocycles. The zero-order chi connectivity index (χ0) is 32.1. The third-order valence-corrected chi connectivity index (χ3v) is 12.4. The third-order valence-electron chi connectivity index (χ3n) is 8.46. The number of hydrogen-bond acceptors (Lipinski definition) is 10. The molecule has 2 amide bonds. The second-order valence-corrected chi connectivity index (χ2v) is 14.8. The van der Waals surface area contributed by atoms with Gasteiger partial charge in [0.2, 0.25) is 5.91 Å². The van der Waals surface area contributed by atoms with E-state index in [9.17, 15) is 18.0 Å². The highest BCUT2D eigenvalue weighted by atomic mass is 32.2. The average molecular weight is 666 g/mol. The van der Waals surface area contributed by atoms with Crippen molar-refractivity contribution in [2.75, 3.05) is 32.6 Å². The quantitative estimate of drug-likeness (QED) is 0.239. The van der Waals surface area contributed by atoms with Crippen LogP contribution in [0.3, 0.4) is 0 Å². The van der Waals surface area contributed by atoms with Crippen molar-refractivity contribution in [3.63, 3.8) is 0 Å². The van der Waals surface area contributed by atoms with Crippen LogP contribution in [-0.2, 0) is 29.0 Å². The smallest absolute Gasteiger partial charge is 0.257 e. The summed E-state index contributed by atoms with van der Waals surface area (Å²) in [5.41, 5.74) is 4.54. The molecule has 4 aromatic rings. The summed E-state index contributed by atoms with van der Waals surface area (Å²) in [6.45, 7) is 0.637. The van der Waals surface area contributed by atoms with Crippen LogP contribution >= 0.6 is 11.3 Å². The maximum atomic E-state index is 14.3. The molecule has 2 aromatic heterocycles. The predicted octanol–water partition coefficient (Wildman–Crippen LogP) is 5.20. The van der Waals surface area contributed by atoms with Gasteiger partial charge in [-0.15, -0.1) is 11.3 Å². The van der Waals surface area contributed by atoms with E-state index in [4.69, 9.17) is 18.7 Å². The SMILES string of the molecule is COc1ccccc1C(=O)N1CCC(CC(=O)NOC2CCCCO2)(c2ccc(-c3ccc(-c4cnco4)cc3)s2)S(=O)(=O)CC1. The third kappa shape index (κ3) is 6.59. The highest BCUT2D eigenvalue weighted by Crippen LogP contribution is 2.45. The van der Waals surface area contributed by atoms with Crippen molar-refractivity contribution in [2.24, 2.45) is 0 Å². The van der Waals surface area contributed by atoms with Gasteiger partial charge >= 0.3 is 0 Å². The van der Waals surface area contributed by atoms with Crippen LogP contribution in [0, 0.1) is 0 Å². The fourth-order valence-electron chi connectivity index (χ4n) is 5.89. The first-order valence-corrected chi connectivity index (χ1v) is 17.6. The molecule has 6 rings (SSSR count). The van der Waals surface area contributed by atoms with Crippen LogP contribution in [0.1, 0.15) is 47.3 Å². The number of aromatic nitrogens is 1.